The summed E-state index contributed by atoms with van der Waals surface area (Å²) < 4.78 is 11.2. The van der Waals surface area contributed by atoms with E-state index in [1.165, 1.54) is 11.3 Å². The molecule has 1 aliphatic rings. The van der Waals surface area contributed by atoms with Gasteiger partial charge < -0.3 is 29.9 Å². The maximum Gasteiger partial charge on any atom is 0.225 e. The van der Waals surface area contributed by atoms with Crippen LogP contribution in [-0.4, -0.2) is 93.4 Å². The van der Waals surface area contributed by atoms with Crippen LogP contribution < -0.4 is 25.0 Å². The molecule has 0 unspecified atom stereocenters. The van der Waals surface area contributed by atoms with Crippen molar-refractivity contribution in [2.24, 2.45) is 0 Å². The first-order valence-corrected chi connectivity index (χ1v) is 14.1. The highest BCUT2D eigenvalue weighted by atomic mass is 16.5. The van der Waals surface area contributed by atoms with E-state index in [4.69, 9.17) is 19.4 Å². The fraction of sp³-hybridized carbons (Fsp3) is 0.533. The summed E-state index contributed by atoms with van der Waals surface area (Å²) in [5, 5.41) is 8.13. The number of aromatic nitrogens is 2. The van der Waals surface area contributed by atoms with Gasteiger partial charge >= 0.3 is 0 Å². The molecule has 1 fully saturated rings. The predicted octanol–water partition coefficient (Wildman–Crippen LogP) is 4.54. The molecular weight excluding hydrogens is 490 g/mol. The SMILES string of the molecule is CCN(CC)CCNc1nc(NC2CCN(Cc3ccccc3N(C)C)CC2)c2cc(OC)c(OC)cc2n1. The second-order valence-electron chi connectivity index (χ2n) is 10.3. The minimum absolute atomic E-state index is 0.333. The van der Waals surface area contributed by atoms with E-state index in [1.54, 1.807) is 14.2 Å². The molecule has 2 heterocycles. The number of hydrogen-bond donors (Lipinski definition) is 2. The van der Waals surface area contributed by atoms with Crippen LogP contribution >= 0.6 is 0 Å². The van der Waals surface area contributed by atoms with E-state index >= 15 is 0 Å². The Labute approximate surface area is 233 Å². The topological polar surface area (TPSA) is 78.0 Å². The van der Waals surface area contributed by atoms with E-state index in [9.17, 15) is 0 Å². The number of piperidine rings is 1. The van der Waals surface area contributed by atoms with Gasteiger partial charge in [-0.3, -0.25) is 4.90 Å². The lowest BCUT2D eigenvalue weighted by molar-refractivity contribution is 0.211. The van der Waals surface area contributed by atoms with Gasteiger partial charge in [-0.1, -0.05) is 32.0 Å². The fourth-order valence-electron chi connectivity index (χ4n) is 5.26. The fourth-order valence-corrected chi connectivity index (χ4v) is 5.26. The Morgan fingerprint density at radius 1 is 0.974 bits per heavy atom. The number of rotatable bonds is 13. The molecule has 1 aliphatic heterocycles. The molecule has 9 nitrogen and oxygen atoms in total. The molecule has 39 heavy (non-hydrogen) atoms. The maximum atomic E-state index is 5.59. The van der Waals surface area contributed by atoms with Crippen LogP contribution in [0.5, 0.6) is 11.5 Å². The lowest BCUT2D eigenvalue weighted by Crippen LogP contribution is -2.39. The van der Waals surface area contributed by atoms with Crippen LogP contribution in [-0.2, 0) is 6.54 Å². The normalized spacial score (nSPS) is 14.5. The van der Waals surface area contributed by atoms with Crippen LogP contribution in [0.1, 0.15) is 32.3 Å². The largest absolute Gasteiger partial charge is 0.493 e. The maximum absolute atomic E-state index is 5.59. The third-order valence-electron chi connectivity index (χ3n) is 7.60. The first-order valence-electron chi connectivity index (χ1n) is 14.1. The second kappa shape index (κ2) is 13.7. The van der Waals surface area contributed by atoms with Crippen LogP contribution in [0.15, 0.2) is 36.4 Å². The lowest BCUT2D eigenvalue weighted by Gasteiger charge is -2.33. The van der Waals surface area contributed by atoms with Gasteiger partial charge in [0.15, 0.2) is 11.5 Å². The number of nitrogens with zero attached hydrogens (tertiary/aromatic N) is 5. The Bertz CT molecular complexity index is 1210. The minimum Gasteiger partial charge on any atom is -0.493 e. The Morgan fingerprint density at radius 2 is 1.67 bits per heavy atom. The Balaban J connectivity index is 1.49. The Kier molecular flexibility index (Phi) is 10.1. The number of hydrogen-bond acceptors (Lipinski definition) is 9. The molecule has 3 aromatic rings. The molecule has 0 bridgehead atoms. The highest BCUT2D eigenvalue weighted by Gasteiger charge is 2.22. The monoisotopic (exact) mass is 535 g/mol. The van der Waals surface area contributed by atoms with Crippen molar-refractivity contribution in [3.05, 3.63) is 42.0 Å². The highest BCUT2D eigenvalue weighted by molar-refractivity contribution is 5.92. The Hall–Kier alpha value is -3.30. The average Bonchev–Trinajstić information content (AvgIpc) is 2.95. The van der Waals surface area contributed by atoms with Crippen LogP contribution in [0.3, 0.4) is 0 Å². The van der Waals surface area contributed by atoms with Crippen molar-refractivity contribution in [2.45, 2.75) is 39.3 Å². The molecule has 1 saturated heterocycles. The zero-order valence-electron chi connectivity index (χ0n) is 24.5. The molecule has 9 heteroatoms. The number of nitrogens with one attached hydrogen (secondary N) is 2. The minimum atomic E-state index is 0.333. The first kappa shape index (κ1) is 28.7. The number of anilines is 3. The number of likely N-dealkylation sites (N-methyl/N-ethyl adjacent to an activating group) is 1. The summed E-state index contributed by atoms with van der Waals surface area (Å²) in [6.07, 6.45) is 2.10. The number of ether oxygens (including phenoxy) is 2. The van der Waals surface area contributed by atoms with Crippen LogP contribution in [0.2, 0.25) is 0 Å². The molecular formula is C30H45N7O2. The number of benzene rings is 2. The number of likely N-dealkylation sites (tertiary alicyclic amines) is 1. The summed E-state index contributed by atoms with van der Waals surface area (Å²) in [5.74, 6) is 2.80. The standard InChI is InChI=1S/C30H45N7O2/c1-7-36(8-2)18-15-31-30-33-25-20-28(39-6)27(38-5)19-24(25)29(34-30)32-23-13-16-37(17-14-23)21-22-11-9-10-12-26(22)35(3)4/h9-12,19-20,23H,7-8,13-18,21H2,1-6H3,(H2,31,32,33,34). The molecule has 212 valence electrons. The van der Waals surface area contributed by atoms with Crippen LogP contribution in [0.25, 0.3) is 10.9 Å². The van der Waals surface area contributed by atoms with E-state index in [1.807, 2.05) is 12.1 Å². The van der Waals surface area contributed by atoms with Gasteiger partial charge in [0, 0.05) is 70.0 Å². The average molecular weight is 536 g/mol. The molecule has 2 N–H and O–H groups in total. The van der Waals surface area contributed by atoms with Gasteiger partial charge in [0.1, 0.15) is 5.82 Å². The van der Waals surface area contributed by atoms with E-state index in [2.05, 4.69) is 77.5 Å². The van der Waals surface area contributed by atoms with Gasteiger partial charge in [0.2, 0.25) is 5.95 Å². The number of methoxy groups -OCH3 is 2. The zero-order chi connectivity index (χ0) is 27.8. The van der Waals surface area contributed by atoms with Crippen molar-refractivity contribution in [3.8, 4) is 11.5 Å². The molecule has 0 radical (unpaired) electrons. The summed E-state index contributed by atoms with van der Waals surface area (Å²) in [5.41, 5.74) is 3.49. The van der Waals surface area contributed by atoms with E-state index in [-0.39, 0.29) is 0 Å². The molecule has 0 spiro atoms. The number of fused-ring (bicyclic) bond motifs is 1. The summed E-state index contributed by atoms with van der Waals surface area (Å²) in [6, 6.07) is 12.9. The molecule has 2 aromatic carbocycles. The third kappa shape index (κ3) is 7.22. The van der Waals surface area contributed by atoms with Crippen molar-refractivity contribution < 1.29 is 9.47 Å². The van der Waals surface area contributed by atoms with Gasteiger partial charge in [0.05, 0.1) is 19.7 Å². The zero-order valence-corrected chi connectivity index (χ0v) is 24.5. The van der Waals surface area contributed by atoms with Crippen molar-refractivity contribution in [2.75, 3.05) is 83.1 Å². The molecule has 0 atom stereocenters. The molecule has 1 aromatic heterocycles. The third-order valence-corrected chi connectivity index (χ3v) is 7.60. The van der Waals surface area contributed by atoms with Crippen LogP contribution in [0.4, 0.5) is 17.5 Å². The smallest absolute Gasteiger partial charge is 0.225 e. The molecule has 4 rings (SSSR count). The summed E-state index contributed by atoms with van der Waals surface area (Å²) in [4.78, 5) is 16.9. The molecule has 0 amide bonds. The number of para-hydroxylation sites is 1. The quantitative estimate of drug-likeness (QED) is 0.328. The van der Waals surface area contributed by atoms with Crippen molar-refractivity contribution in [1.82, 2.24) is 19.8 Å². The van der Waals surface area contributed by atoms with Gasteiger partial charge in [-0.15, -0.1) is 0 Å². The van der Waals surface area contributed by atoms with Gasteiger partial charge in [0.25, 0.3) is 0 Å². The van der Waals surface area contributed by atoms with E-state index in [0.717, 1.165) is 75.4 Å². The van der Waals surface area contributed by atoms with Gasteiger partial charge in [-0.2, -0.15) is 4.98 Å². The summed E-state index contributed by atoms with van der Waals surface area (Å²) in [7, 11) is 7.53. The Morgan fingerprint density at radius 3 is 2.33 bits per heavy atom. The van der Waals surface area contributed by atoms with Gasteiger partial charge in [-0.05, 0) is 43.6 Å². The summed E-state index contributed by atoms with van der Waals surface area (Å²) in [6.45, 7) is 11.2. The second-order valence-corrected chi connectivity index (χ2v) is 10.3. The van der Waals surface area contributed by atoms with Gasteiger partial charge in [-0.25, -0.2) is 4.98 Å². The van der Waals surface area contributed by atoms with Crippen molar-refractivity contribution >= 4 is 28.4 Å². The highest BCUT2D eigenvalue weighted by Crippen LogP contribution is 2.35. The van der Waals surface area contributed by atoms with E-state index in [0.29, 0.717) is 23.5 Å². The molecule has 0 saturated carbocycles. The predicted molar refractivity (Wildman–Crippen MR) is 162 cm³/mol. The summed E-state index contributed by atoms with van der Waals surface area (Å²) >= 11 is 0. The van der Waals surface area contributed by atoms with Crippen molar-refractivity contribution in [3.63, 3.8) is 0 Å². The van der Waals surface area contributed by atoms with Crippen LogP contribution in [0, 0.1) is 0 Å². The lowest BCUT2D eigenvalue weighted by atomic mass is 10.0. The van der Waals surface area contributed by atoms with E-state index < -0.39 is 0 Å². The first-order chi connectivity index (χ1) is 18.9. The van der Waals surface area contributed by atoms with Crippen molar-refractivity contribution in [1.29, 1.82) is 0 Å². The molecule has 0 aliphatic carbocycles.